The number of nitrogens with one attached hydrogen (secondary N) is 1. The first-order valence-electron chi connectivity index (χ1n) is 6.61. The Morgan fingerprint density at radius 3 is 2.56 bits per heavy atom. The summed E-state index contributed by atoms with van der Waals surface area (Å²) < 4.78 is 5.72. The van der Waals surface area contributed by atoms with Gasteiger partial charge in [0.25, 0.3) is 0 Å². The first-order chi connectivity index (χ1) is 7.56. The smallest absolute Gasteiger partial charge is 0.0655 e. The average Bonchev–Trinajstić information content (AvgIpc) is 2.27. The Balaban J connectivity index is 2.30. The van der Waals surface area contributed by atoms with Crippen LogP contribution in [0.15, 0.2) is 0 Å². The molecule has 1 saturated carbocycles. The predicted molar refractivity (Wildman–Crippen MR) is 68.4 cm³/mol. The zero-order valence-electron chi connectivity index (χ0n) is 11.3. The highest BCUT2D eigenvalue weighted by atomic mass is 16.5. The Hall–Kier alpha value is -0.120. The van der Waals surface area contributed by atoms with Gasteiger partial charge < -0.3 is 15.8 Å². The van der Waals surface area contributed by atoms with Crippen molar-refractivity contribution in [2.75, 3.05) is 19.7 Å². The molecule has 16 heavy (non-hydrogen) atoms. The summed E-state index contributed by atoms with van der Waals surface area (Å²) >= 11 is 0. The summed E-state index contributed by atoms with van der Waals surface area (Å²) in [5.74, 6) is 0.613. The van der Waals surface area contributed by atoms with Crippen LogP contribution < -0.4 is 11.1 Å². The van der Waals surface area contributed by atoms with E-state index in [1.165, 1.54) is 0 Å². The second kappa shape index (κ2) is 5.99. The summed E-state index contributed by atoms with van der Waals surface area (Å²) in [6.45, 7) is 11.5. The molecule has 0 spiro atoms. The highest BCUT2D eigenvalue weighted by molar-refractivity contribution is 5.02. The fourth-order valence-corrected chi connectivity index (χ4v) is 2.42. The van der Waals surface area contributed by atoms with Gasteiger partial charge in [0.1, 0.15) is 0 Å². The zero-order chi connectivity index (χ0) is 12.2. The molecule has 3 unspecified atom stereocenters. The second-order valence-electron chi connectivity index (χ2n) is 5.47. The van der Waals surface area contributed by atoms with Crippen LogP contribution in [0.25, 0.3) is 0 Å². The standard InChI is InChI=1S/C13H28N2O/c1-5-10(8-14)9-15-11-7-12(16-6-2)13(11,3)4/h10-12,15H,5-9,14H2,1-4H3. The number of hydrogen-bond acceptors (Lipinski definition) is 3. The Morgan fingerprint density at radius 1 is 1.44 bits per heavy atom. The quantitative estimate of drug-likeness (QED) is 0.698. The second-order valence-corrected chi connectivity index (χ2v) is 5.47. The van der Waals surface area contributed by atoms with Crippen molar-refractivity contribution in [1.82, 2.24) is 5.32 Å². The number of hydrogen-bond donors (Lipinski definition) is 2. The summed E-state index contributed by atoms with van der Waals surface area (Å²) in [5, 5.41) is 3.64. The maximum Gasteiger partial charge on any atom is 0.0655 e. The topological polar surface area (TPSA) is 47.3 Å². The monoisotopic (exact) mass is 228 g/mol. The van der Waals surface area contributed by atoms with Crippen molar-refractivity contribution in [2.24, 2.45) is 17.1 Å². The molecular weight excluding hydrogens is 200 g/mol. The lowest BCUT2D eigenvalue weighted by molar-refractivity contribution is -0.114. The summed E-state index contributed by atoms with van der Waals surface area (Å²) in [6.07, 6.45) is 2.72. The summed E-state index contributed by atoms with van der Waals surface area (Å²) in [7, 11) is 0. The van der Waals surface area contributed by atoms with Gasteiger partial charge in [0.15, 0.2) is 0 Å². The van der Waals surface area contributed by atoms with E-state index in [9.17, 15) is 0 Å². The maximum atomic E-state index is 5.72. The minimum atomic E-state index is 0.267. The van der Waals surface area contributed by atoms with E-state index < -0.39 is 0 Å². The lowest BCUT2D eigenvalue weighted by atomic mass is 9.64. The summed E-state index contributed by atoms with van der Waals surface area (Å²) in [6, 6.07) is 0.588. The normalized spacial score (nSPS) is 29.8. The van der Waals surface area contributed by atoms with E-state index in [4.69, 9.17) is 10.5 Å². The first kappa shape index (κ1) is 13.9. The molecule has 1 aliphatic rings. The van der Waals surface area contributed by atoms with Gasteiger partial charge in [0.2, 0.25) is 0 Å². The number of ether oxygens (including phenoxy) is 1. The Labute approximate surface area is 100 Å². The summed E-state index contributed by atoms with van der Waals surface area (Å²) in [4.78, 5) is 0. The molecule has 0 amide bonds. The van der Waals surface area contributed by atoms with Crippen LogP contribution >= 0.6 is 0 Å². The molecule has 1 fully saturated rings. The SMILES string of the molecule is CCOC1CC(NCC(CC)CN)C1(C)C. The van der Waals surface area contributed by atoms with Crippen LogP contribution in [0.2, 0.25) is 0 Å². The third-order valence-corrected chi connectivity index (χ3v) is 4.11. The predicted octanol–water partition coefficient (Wildman–Crippen LogP) is 1.76. The number of nitrogens with two attached hydrogens (primary N) is 1. The lowest BCUT2D eigenvalue weighted by Crippen LogP contribution is -2.61. The molecule has 0 heterocycles. The van der Waals surface area contributed by atoms with Gasteiger partial charge in [-0.05, 0) is 32.4 Å². The van der Waals surface area contributed by atoms with Gasteiger partial charge in [-0.2, -0.15) is 0 Å². The van der Waals surface area contributed by atoms with Crippen LogP contribution in [0, 0.1) is 11.3 Å². The molecule has 3 atom stereocenters. The van der Waals surface area contributed by atoms with E-state index in [1.54, 1.807) is 0 Å². The molecule has 3 N–H and O–H groups in total. The molecular formula is C13H28N2O. The van der Waals surface area contributed by atoms with E-state index >= 15 is 0 Å². The van der Waals surface area contributed by atoms with Crippen molar-refractivity contribution >= 4 is 0 Å². The molecule has 0 aliphatic heterocycles. The molecule has 1 aliphatic carbocycles. The molecule has 0 aromatic carbocycles. The highest BCUT2D eigenvalue weighted by Crippen LogP contribution is 2.42. The van der Waals surface area contributed by atoms with E-state index in [-0.39, 0.29) is 5.41 Å². The van der Waals surface area contributed by atoms with Crippen LogP contribution in [0.3, 0.4) is 0 Å². The van der Waals surface area contributed by atoms with Crippen molar-refractivity contribution < 1.29 is 4.74 Å². The van der Waals surface area contributed by atoms with Gasteiger partial charge in [0.05, 0.1) is 6.10 Å². The van der Waals surface area contributed by atoms with Gasteiger partial charge >= 0.3 is 0 Å². The summed E-state index contributed by atoms with van der Waals surface area (Å²) in [5.41, 5.74) is 5.97. The lowest BCUT2D eigenvalue weighted by Gasteiger charge is -2.52. The minimum Gasteiger partial charge on any atom is -0.378 e. The Bertz CT molecular complexity index is 202. The fourth-order valence-electron chi connectivity index (χ4n) is 2.42. The van der Waals surface area contributed by atoms with E-state index in [0.29, 0.717) is 18.1 Å². The van der Waals surface area contributed by atoms with Crippen LogP contribution in [0.1, 0.15) is 40.5 Å². The van der Waals surface area contributed by atoms with Crippen molar-refractivity contribution in [3.63, 3.8) is 0 Å². The largest absolute Gasteiger partial charge is 0.378 e. The van der Waals surface area contributed by atoms with Crippen LogP contribution in [-0.2, 0) is 4.74 Å². The van der Waals surface area contributed by atoms with Crippen LogP contribution in [0.4, 0.5) is 0 Å². The van der Waals surface area contributed by atoms with E-state index in [1.807, 2.05) is 0 Å². The third kappa shape index (κ3) is 2.96. The minimum absolute atomic E-state index is 0.267. The van der Waals surface area contributed by atoms with Crippen LogP contribution in [-0.4, -0.2) is 31.8 Å². The van der Waals surface area contributed by atoms with Gasteiger partial charge in [-0.15, -0.1) is 0 Å². The van der Waals surface area contributed by atoms with Crippen LogP contribution in [0.5, 0.6) is 0 Å². The molecule has 1 rings (SSSR count). The Kier molecular flexibility index (Phi) is 5.22. The van der Waals surface area contributed by atoms with Gasteiger partial charge in [-0.1, -0.05) is 27.2 Å². The van der Waals surface area contributed by atoms with E-state index in [0.717, 1.165) is 32.5 Å². The maximum absolute atomic E-state index is 5.72. The van der Waals surface area contributed by atoms with Crippen molar-refractivity contribution in [3.8, 4) is 0 Å². The highest BCUT2D eigenvalue weighted by Gasteiger charge is 2.48. The zero-order valence-corrected chi connectivity index (χ0v) is 11.3. The average molecular weight is 228 g/mol. The molecule has 3 nitrogen and oxygen atoms in total. The number of rotatable bonds is 7. The van der Waals surface area contributed by atoms with Crippen molar-refractivity contribution in [1.29, 1.82) is 0 Å². The molecule has 0 radical (unpaired) electrons. The third-order valence-electron chi connectivity index (χ3n) is 4.11. The van der Waals surface area contributed by atoms with Crippen molar-refractivity contribution in [2.45, 2.75) is 52.7 Å². The van der Waals surface area contributed by atoms with Gasteiger partial charge in [0, 0.05) is 18.1 Å². The van der Waals surface area contributed by atoms with E-state index in [2.05, 4.69) is 33.0 Å². The van der Waals surface area contributed by atoms with Gasteiger partial charge in [-0.25, -0.2) is 0 Å². The molecule has 0 aromatic rings. The molecule has 3 heteroatoms. The Morgan fingerprint density at radius 2 is 2.12 bits per heavy atom. The molecule has 0 bridgehead atoms. The van der Waals surface area contributed by atoms with Gasteiger partial charge in [-0.3, -0.25) is 0 Å². The first-order valence-corrected chi connectivity index (χ1v) is 6.61. The molecule has 0 saturated heterocycles. The fraction of sp³-hybridized carbons (Fsp3) is 1.00. The molecule has 96 valence electrons. The molecule has 0 aromatic heterocycles. The van der Waals surface area contributed by atoms with Crippen molar-refractivity contribution in [3.05, 3.63) is 0 Å².